The predicted molar refractivity (Wildman–Crippen MR) is 111 cm³/mol. The van der Waals surface area contributed by atoms with Crippen LogP contribution < -0.4 is 21.4 Å². The summed E-state index contributed by atoms with van der Waals surface area (Å²) in [6.45, 7) is 10.8. The van der Waals surface area contributed by atoms with Crippen molar-refractivity contribution in [3.8, 4) is 0 Å². The van der Waals surface area contributed by atoms with Crippen molar-refractivity contribution in [3.05, 3.63) is 0 Å². The highest BCUT2D eigenvalue weighted by Crippen LogP contribution is 2.36. The average Bonchev–Trinajstić information content (AvgIpc) is 3.33. The molecule has 0 aromatic heterocycles. The molecule has 5 aliphatic heterocycles. The van der Waals surface area contributed by atoms with E-state index in [1.807, 2.05) is 0 Å². The minimum absolute atomic E-state index is 0.0456. The maximum Gasteiger partial charge on any atom is 0.113 e. The van der Waals surface area contributed by atoms with Gasteiger partial charge in [0.1, 0.15) is 12.4 Å². The van der Waals surface area contributed by atoms with Crippen LogP contribution in [0.3, 0.4) is 0 Å². The number of fused-ring (bicyclic) bond motifs is 5. The Balaban J connectivity index is 1.41. The quantitative estimate of drug-likeness (QED) is 0.463. The first-order valence-corrected chi connectivity index (χ1v) is 11.7. The third-order valence-electron chi connectivity index (χ3n) is 7.70. The Kier molecular flexibility index (Phi) is 5.88. The summed E-state index contributed by atoms with van der Waals surface area (Å²) in [4.78, 5) is 2.65. The van der Waals surface area contributed by atoms with Gasteiger partial charge in [0.05, 0.1) is 18.9 Å². The lowest BCUT2D eigenvalue weighted by molar-refractivity contribution is -0.0970. The van der Waals surface area contributed by atoms with Crippen molar-refractivity contribution in [1.29, 1.82) is 0 Å². The first-order chi connectivity index (χ1) is 14.0. The van der Waals surface area contributed by atoms with E-state index in [0.717, 1.165) is 45.6 Å². The smallest absolute Gasteiger partial charge is 0.113 e. The lowest BCUT2D eigenvalue weighted by atomic mass is 9.86. The summed E-state index contributed by atoms with van der Waals surface area (Å²) < 4.78 is 20.9. The maximum absolute atomic E-state index is 14.4. The van der Waals surface area contributed by atoms with Crippen molar-refractivity contribution in [2.75, 3.05) is 45.9 Å². The summed E-state index contributed by atoms with van der Waals surface area (Å²) in [5, 5.41) is 13.5. The molecule has 5 saturated heterocycles. The van der Waals surface area contributed by atoms with Crippen molar-refractivity contribution < 1.29 is 9.13 Å². The molecule has 6 unspecified atom stereocenters. The SMILES string of the molecule is CC1(C)CNCC2CNN3CCC(NC23)N2CCC[C@@H]2C2CC(F)CNC2OC1. The van der Waals surface area contributed by atoms with E-state index in [1.54, 1.807) is 0 Å². The Bertz CT molecular complexity index is 579. The number of ether oxygens (including phenoxy) is 1. The fourth-order valence-electron chi connectivity index (χ4n) is 6.19. The van der Waals surface area contributed by atoms with Gasteiger partial charge in [-0.05, 0) is 32.2 Å². The summed E-state index contributed by atoms with van der Waals surface area (Å²) in [5.74, 6) is 0.767. The molecular weight excluding hydrogens is 371 g/mol. The summed E-state index contributed by atoms with van der Waals surface area (Å²) in [7, 11) is 0. The third kappa shape index (κ3) is 4.22. The van der Waals surface area contributed by atoms with E-state index >= 15 is 0 Å². The van der Waals surface area contributed by atoms with Crippen LogP contribution in [0.5, 0.6) is 0 Å². The molecule has 0 saturated carbocycles. The normalized spacial score (nSPS) is 46.7. The number of alkyl halides is 1. The van der Waals surface area contributed by atoms with Gasteiger partial charge in [-0.25, -0.2) is 9.40 Å². The number of nitrogens with zero attached hydrogens (tertiary/aromatic N) is 2. The molecule has 0 aromatic rings. The van der Waals surface area contributed by atoms with Crippen LogP contribution >= 0.6 is 0 Å². The van der Waals surface area contributed by atoms with Gasteiger partial charge in [0, 0.05) is 56.0 Å². The van der Waals surface area contributed by atoms with Crippen molar-refractivity contribution in [3.63, 3.8) is 0 Å². The Morgan fingerprint density at radius 1 is 1.10 bits per heavy atom. The number of nitrogens with one attached hydrogen (secondary N) is 4. The first-order valence-electron chi connectivity index (χ1n) is 11.7. The van der Waals surface area contributed by atoms with Crippen LogP contribution in [0.4, 0.5) is 4.39 Å². The molecule has 4 N–H and O–H groups in total. The second-order valence-electron chi connectivity index (χ2n) is 10.6. The van der Waals surface area contributed by atoms with Crippen LogP contribution in [-0.4, -0.2) is 86.6 Å². The van der Waals surface area contributed by atoms with E-state index in [-0.39, 0.29) is 17.6 Å². The monoisotopic (exact) mass is 410 g/mol. The van der Waals surface area contributed by atoms with Crippen LogP contribution in [0.2, 0.25) is 0 Å². The fraction of sp³-hybridized carbons (Fsp3) is 1.00. The number of hydrogen-bond acceptors (Lipinski definition) is 7. The van der Waals surface area contributed by atoms with Gasteiger partial charge in [-0.2, -0.15) is 0 Å². The number of halogens is 1. The molecule has 5 aliphatic rings. The van der Waals surface area contributed by atoms with Gasteiger partial charge >= 0.3 is 0 Å². The Morgan fingerprint density at radius 2 is 2.00 bits per heavy atom. The van der Waals surface area contributed by atoms with E-state index in [0.29, 0.717) is 43.9 Å². The summed E-state index contributed by atoms with van der Waals surface area (Å²) in [5.41, 5.74) is 3.65. The zero-order valence-corrected chi connectivity index (χ0v) is 18.0. The number of piperidine rings is 1. The van der Waals surface area contributed by atoms with Gasteiger partial charge in [0.15, 0.2) is 0 Å². The molecule has 2 bridgehead atoms. The molecule has 5 rings (SSSR count). The summed E-state index contributed by atoms with van der Waals surface area (Å²) in [6.07, 6.45) is 4.02. The van der Waals surface area contributed by atoms with Crippen molar-refractivity contribution in [2.45, 2.75) is 70.3 Å². The van der Waals surface area contributed by atoms with E-state index < -0.39 is 6.17 Å². The standard InChI is InChI=1S/C21H39FN6O/c1-21(2)12-23-9-14-10-25-28-7-5-18(26-19(14)28)27-6-3-4-17(27)16-8-15(22)11-24-20(16)29-13-21/h14-20,23-26H,3-13H2,1-2H3/t14?,15?,16?,17-,18?,19?,20?/m1/s1. The van der Waals surface area contributed by atoms with Crippen LogP contribution in [-0.2, 0) is 4.74 Å². The number of hydrazine groups is 1. The Hall–Kier alpha value is -0.350. The minimum Gasteiger partial charge on any atom is -0.362 e. The van der Waals surface area contributed by atoms with E-state index in [4.69, 9.17) is 4.74 Å². The molecule has 5 heterocycles. The van der Waals surface area contributed by atoms with Gasteiger partial charge in [0.2, 0.25) is 0 Å². The van der Waals surface area contributed by atoms with Gasteiger partial charge in [-0.15, -0.1) is 0 Å². The number of hydrogen-bond donors (Lipinski definition) is 4. The highest BCUT2D eigenvalue weighted by Gasteiger charge is 2.46. The van der Waals surface area contributed by atoms with E-state index in [9.17, 15) is 4.39 Å². The van der Waals surface area contributed by atoms with Crippen LogP contribution in [0.15, 0.2) is 0 Å². The van der Waals surface area contributed by atoms with Gasteiger partial charge in [-0.1, -0.05) is 13.8 Å². The molecule has 0 aliphatic carbocycles. The largest absolute Gasteiger partial charge is 0.362 e. The molecule has 0 amide bonds. The lowest BCUT2D eigenvalue weighted by Gasteiger charge is -2.47. The topological polar surface area (TPSA) is 63.8 Å². The second-order valence-corrected chi connectivity index (χ2v) is 10.6. The summed E-state index contributed by atoms with van der Waals surface area (Å²) in [6, 6.07) is 0.395. The molecule has 0 aromatic carbocycles. The van der Waals surface area contributed by atoms with Crippen molar-refractivity contribution in [2.24, 2.45) is 17.3 Å². The molecule has 7 nitrogen and oxygen atoms in total. The molecule has 0 radical (unpaired) electrons. The van der Waals surface area contributed by atoms with Crippen LogP contribution in [0.25, 0.3) is 0 Å². The minimum atomic E-state index is -0.769. The molecular formula is C21H39FN6O. The van der Waals surface area contributed by atoms with Crippen LogP contribution in [0.1, 0.15) is 39.5 Å². The van der Waals surface area contributed by atoms with Gasteiger partial charge < -0.3 is 10.1 Å². The molecule has 5 fully saturated rings. The zero-order chi connectivity index (χ0) is 20.0. The van der Waals surface area contributed by atoms with Crippen LogP contribution in [0, 0.1) is 17.3 Å². The first kappa shape index (κ1) is 20.5. The second kappa shape index (κ2) is 8.30. The van der Waals surface area contributed by atoms with E-state index in [1.165, 1.54) is 6.42 Å². The highest BCUT2D eigenvalue weighted by atomic mass is 19.1. The lowest BCUT2D eigenvalue weighted by Crippen LogP contribution is -2.65. The van der Waals surface area contributed by atoms with Crippen molar-refractivity contribution in [1.82, 2.24) is 31.3 Å². The maximum atomic E-state index is 14.4. The molecule has 166 valence electrons. The van der Waals surface area contributed by atoms with E-state index in [2.05, 4.69) is 45.1 Å². The molecule has 0 spiro atoms. The average molecular weight is 411 g/mol. The number of rotatable bonds is 0. The zero-order valence-electron chi connectivity index (χ0n) is 18.0. The summed E-state index contributed by atoms with van der Waals surface area (Å²) >= 11 is 0. The van der Waals surface area contributed by atoms with Gasteiger partial charge in [-0.3, -0.25) is 21.0 Å². The highest BCUT2D eigenvalue weighted by molar-refractivity contribution is 4.98. The molecule has 29 heavy (non-hydrogen) atoms. The van der Waals surface area contributed by atoms with Gasteiger partial charge in [0.25, 0.3) is 0 Å². The molecule has 8 heteroatoms. The third-order valence-corrected chi connectivity index (χ3v) is 7.70. The Morgan fingerprint density at radius 3 is 2.90 bits per heavy atom. The van der Waals surface area contributed by atoms with Crippen molar-refractivity contribution >= 4 is 0 Å². The Labute approximate surface area is 174 Å². The predicted octanol–water partition coefficient (Wildman–Crippen LogP) is 0.452. The fourth-order valence-corrected chi connectivity index (χ4v) is 6.19. The molecule has 7 atom stereocenters.